The number of rotatable bonds is 5. The zero-order valence-corrected chi connectivity index (χ0v) is 19.7. The fraction of sp³-hybridized carbons (Fsp3) is 0.423. The Labute approximate surface area is 197 Å². The van der Waals surface area contributed by atoms with Crippen molar-refractivity contribution in [3.63, 3.8) is 0 Å². The second-order valence-corrected chi connectivity index (χ2v) is 9.92. The van der Waals surface area contributed by atoms with E-state index in [-0.39, 0.29) is 17.4 Å². The molecule has 1 aliphatic rings. The number of para-hydroxylation sites is 1. The minimum absolute atomic E-state index is 0.206. The Bertz CT molecular complexity index is 1180. The summed E-state index contributed by atoms with van der Waals surface area (Å²) in [4.78, 5) is 28.3. The molecule has 1 saturated heterocycles. The van der Waals surface area contributed by atoms with Gasteiger partial charge in [0.1, 0.15) is 18.0 Å². The SMILES string of the molecule is CC(C)(C)[C@H](NC(=O)c1nn(Cc2ccc(F)cc2)c2ccccc12)C(=O)N1CCC(F)CC1. The zero-order valence-electron chi connectivity index (χ0n) is 19.7. The lowest BCUT2D eigenvalue weighted by Crippen LogP contribution is -2.56. The van der Waals surface area contributed by atoms with Crippen molar-refractivity contribution < 1.29 is 18.4 Å². The van der Waals surface area contributed by atoms with Crippen LogP contribution in [0, 0.1) is 11.2 Å². The van der Waals surface area contributed by atoms with Gasteiger partial charge in [0.05, 0.1) is 12.1 Å². The van der Waals surface area contributed by atoms with Crippen molar-refractivity contribution in [1.82, 2.24) is 20.0 Å². The van der Waals surface area contributed by atoms with E-state index in [1.165, 1.54) is 12.1 Å². The minimum atomic E-state index is -0.886. The molecule has 0 radical (unpaired) electrons. The van der Waals surface area contributed by atoms with Gasteiger partial charge in [0.15, 0.2) is 5.69 Å². The number of hydrogen-bond donors (Lipinski definition) is 1. The summed E-state index contributed by atoms with van der Waals surface area (Å²) in [6.07, 6.45) is -0.257. The Hall–Kier alpha value is -3.29. The number of nitrogens with one attached hydrogen (secondary N) is 1. The first-order valence-corrected chi connectivity index (χ1v) is 11.6. The highest BCUT2D eigenvalue weighted by Gasteiger charge is 2.37. The number of halogens is 2. The molecule has 1 N–H and O–H groups in total. The van der Waals surface area contributed by atoms with Gasteiger partial charge >= 0.3 is 0 Å². The van der Waals surface area contributed by atoms with Crippen molar-refractivity contribution in [1.29, 1.82) is 0 Å². The molecule has 0 aliphatic carbocycles. The Balaban J connectivity index is 1.60. The van der Waals surface area contributed by atoms with Crippen LogP contribution in [0.3, 0.4) is 0 Å². The molecule has 2 aromatic carbocycles. The first kappa shape index (κ1) is 23.9. The van der Waals surface area contributed by atoms with Gasteiger partial charge in [0.2, 0.25) is 5.91 Å². The molecule has 8 heteroatoms. The van der Waals surface area contributed by atoms with Gasteiger partial charge in [0.25, 0.3) is 5.91 Å². The minimum Gasteiger partial charge on any atom is -0.341 e. The predicted octanol–water partition coefficient (Wildman–Crippen LogP) is 4.33. The maximum absolute atomic E-state index is 13.6. The van der Waals surface area contributed by atoms with Crippen LogP contribution in [-0.2, 0) is 11.3 Å². The van der Waals surface area contributed by atoms with E-state index in [1.807, 2.05) is 45.0 Å². The third-order valence-corrected chi connectivity index (χ3v) is 6.24. The largest absolute Gasteiger partial charge is 0.341 e. The number of nitrogens with zero attached hydrogens (tertiary/aromatic N) is 3. The number of carbonyl (C=O) groups excluding carboxylic acids is 2. The van der Waals surface area contributed by atoms with Gasteiger partial charge in [-0.25, -0.2) is 8.78 Å². The highest BCUT2D eigenvalue weighted by Crippen LogP contribution is 2.25. The highest BCUT2D eigenvalue weighted by atomic mass is 19.1. The van der Waals surface area contributed by atoms with Crippen molar-refractivity contribution >= 4 is 22.7 Å². The van der Waals surface area contributed by atoms with Crippen LogP contribution in [0.5, 0.6) is 0 Å². The molecule has 1 atom stereocenters. The molecule has 0 bridgehead atoms. The molecule has 0 saturated carbocycles. The van der Waals surface area contributed by atoms with Crippen LogP contribution < -0.4 is 5.32 Å². The molecule has 2 heterocycles. The number of fused-ring (bicyclic) bond motifs is 1. The summed E-state index contributed by atoms with van der Waals surface area (Å²) in [7, 11) is 0. The van der Waals surface area contributed by atoms with E-state index in [9.17, 15) is 18.4 Å². The van der Waals surface area contributed by atoms with Gasteiger partial charge in [-0.15, -0.1) is 0 Å². The maximum Gasteiger partial charge on any atom is 0.273 e. The topological polar surface area (TPSA) is 67.2 Å². The second kappa shape index (κ2) is 9.52. The van der Waals surface area contributed by atoms with Crippen molar-refractivity contribution in [2.75, 3.05) is 13.1 Å². The molecular weight excluding hydrogens is 438 g/mol. The van der Waals surface area contributed by atoms with Crippen LogP contribution in [0.25, 0.3) is 10.9 Å². The normalized spacial score (nSPS) is 16.0. The number of aromatic nitrogens is 2. The Morgan fingerprint density at radius 1 is 1.09 bits per heavy atom. The molecule has 1 fully saturated rings. The average molecular weight is 469 g/mol. The van der Waals surface area contributed by atoms with Crippen LogP contribution in [-0.4, -0.2) is 51.8 Å². The summed E-state index contributed by atoms with van der Waals surface area (Å²) >= 11 is 0. The number of carbonyl (C=O) groups is 2. The fourth-order valence-corrected chi connectivity index (χ4v) is 4.28. The zero-order chi connectivity index (χ0) is 24.5. The molecule has 0 spiro atoms. The molecule has 180 valence electrons. The van der Waals surface area contributed by atoms with E-state index < -0.39 is 23.5 Å². The number of amides is 2. The lowest BCUT2D eigenvalue weighted by atomic mass is 9.85. The van der Waals surface area contributed by atoms with Crippen molar-refractivity contribution in [3.8, 4) is 0 Å². The Morgan fingerprint density at radius 2 is 1.74 bits per heavy atom. The van der Waals surface area contributed by atoms with Crippen molar-refractivity contribution in [2.45, 2.75) is 52.4 Å². The summed E-state index contributed by atoms with van der Waals surface area (Å²) in [6, 6.07) is 12.7. The summed E-state index contributed by atoms with van der Waals surface area (Å²) in [5.74, 6) is -0.965. The van der Waals surface area contributed by atoms with E-state index >= 15 is 0 Å². The van der Waals surface area contributed by atoms with Crippen LogP contribution in [0.4, 0.5) is 8.78 Å². The molecule has 1 aliphatic heterocycles. The summed E-state index contributed by atoms with van der Waals surface area (Å²) < 4.78 is 28.6. The van der Waals surface area contributed by atoms with Gasteiger partial charge in [-0.05, 0) is 42.0 Å². The molecule has 2 amide bonds. The number of benzene rings is 2. The van der Waals surface area contributed by atoms with Crippen LogP contribution in [0.15, 0.2) is 48.5 Å². The molecule has 1 aromatic heterocycles. The maximum atomic E-state index is 13.6. The standard InChI is InChI=1S/C26H30F2N4O2/c1-26(2,3)23(25(34)31-14-12-19(28)13-15-31)29-24(33)22-20-6-4-5-7-21(20)32(30-22)16-17-8-10-18(27)11-9-17/h4-11,19,23H,12-16H2,1-3H3,(H,29,33)/t23-/m1/s1. The van der Waals surface area contributed by atoms with E-state index in [2.05, 4.69) is 10.4 Å². The fourth-order valence-electron chi connectivity index (χ4n) is 4.28. The quantitative estimate of drug-likeness (QED) is 0.606. The van der Waals surface area contributed by atoms with E-state index in [0.717, 1.165) is 11.1 Å². The average Bonchev–Trinajstić information content (AvgIpc) is 3.17. The Morgan fingerprint density at radius 3 is 2.38 bits per heavy atom. The number of likely N-dealkylation sites (tertiary alicyclic amines) is 1. The molecule has 6 nitrogen and oxygen atoms in total. The summed E-state index contributed by atoms with van der Waals surface area (Å²) in [5.41, 5.74) is 1.29. The smallest absolute Gasteiger partial charge is 0.273 e. The van der Waals surface area contributed by atoms with Crippen molar-refractivity contribution in [3.05, 3.63) is 65.6 Å². The van der Waals surface area contributed by atoms with E-state index in [1.54, 1.807) is 21.7 Å². The first-order chi connectivity index (χ1) is 16.1. The van der Waals surface area contributed by atoms with Gasteiger partial charge in [-0.1, -0.05) is 51.1 Å². The molecule has 0 unspecified atom stereocenters. The van der Waals surface area contributed by atoms with Gasteiger partial charge < -0.3 is 10.2 Å². The molecular formula is C26H30F2N4O2. The van der Waals surface area contributed by atoms with Gasteiger partial charge in [-0.2, -0.15) is 5.10 Å². The summed E-state index contributed by atoms with van der Waals surface area (Å²) in [6.45, 7) is 6.73. The van der Waals surface area contributed by atoms with Crippen LogP contribution >= 0.6 is 0 Å². The number of alkyl halides is 1. The number of piperidine rings is 1. The van der Waals surface area contributed by atoms with Crippen LogP contribution in [0.2, 0.25) is 0 Å². The van der Waals surface area contributed by atoms with E-state index in [0.29, 0.717) is 37.9 Å². The first-order valence-electron chi connectivity index (χ1n) is 11.6. The molecule has 34 heavy (non-hydrogen) atoms. The molecule has 4 rings (SSSR count). The van der Waals surface area contributed by atoms with Gasteiger partial charge in [0, 0.05) is 18.5 Å². The predicted molar refractivity (Wildman–Crippen MR) is 127 cm³/mol. The van der Waals surface area contributed by atoms with E-state index in [4.69, 9.17) is 0 Å². The number of hydrogen-bond acceptors (Lipinski definition) is 3. The van der Waals surface area contributed by atoms with Gasteiger partial charge in [-0.3, -0.25) is 14.3 Å². The second-order valence-electron chi connectivity index (χ2n) is 9.92. The lowest BCUT2D eigenvalue weighted by molar-refractivity contribution is -0.137. The monoisotopic (exact) mass is 468 g/mol. The lowest BCUT2D eigenvalue weighted by Gasteiger charge is -2.37. The van der Waals surface area contributed by atoms with Crippen molar-refractivity contribution in [2.24, 2.45) is 5.41 Å². The van der Waals surface area contributed by atoms with Crippen LogP contribution in [0.1, 0.15) is 49.7 Å². The highest BCUT2D eigenvalue weighted by molar-refractivity contribution is 6.06. The summed E-state index contributed by atoms with van der Waals surface area (Å²) in [5, 5.41) is 8.14. The third-order valence-electron chi connectivity index (χ3n) is 6.24. The Kier molecular flexibility index (Phi) is 6.68. The molecule has 3 aromatic rings. The third kappa shape index (κ3) is 5.11.